The quantitative estimate of drug-likeness (QED) is 0.433. The van der Waals surface area contributed by atoms with Gasteiger partial charge in [0.15, 0.2) is 6.04 Å². The predicted octanol–water partition coefficient (Wildman–Crippen LogP) is 0.822. The number of esters is 1. The van der Waals surface area contributed by atoms with E-state index in [2.05, 4.69) is 12.2 Å². The molecule has 1 aliphatic carbocycles. The van der Waals surface area contributed by atoms with Gasteiger partial charge in [-0.05, 0) is 25.7 Å². The van der Waals surface area contributed by atoms with Crippen LogP contribution in [0, 0.1) is 5.92 Å². The van der Waals surface area contributed by atoms with Crippen LogP contribution in [0.25, 0.3) is 0 Å². The van der Waals surface area contributed by atoms with Crippen molar-refractivity contribution in [3.8, 4) is 0 Å². The van der Waals surface area contributed by atoms with Crippen LogP contribution in [0.15, 0.2) is 0 Å². The standard InChI is InChI=1S/C17H30N2O6/c1-11-7-5-4-6-8-17(11,2)25-10-13(16(23)24-3)19-15(22)12(18)9-14(20)21/h11-13H,4-10,18H2,1-3H3,(H,19,22)(H,20,21)/t11?,12-,13-,17?/m0/s1. The second-order valence-corrected chi connectivity index (χ2v) is 6.91. The zero-order chi connectivity index (χ0) is 19.0. The summed E-state index contributed by atoms with van der Waals surface area (Å²) in [5.41, 5.74) is 5.15. The Labute approximate surface area is 148 Å². The monoisotopic (exact) mass is 358 g/mol. The van der Waals surface area contributed by atoms with Gasteiger partial charge in [-0.2, -0.15) is 0 Å². The van der Waals surface area contributed by atoms with E-state index in [9.17, 15) is 14.4 Å². The van der Waals surface area contributed by atoms with Crippen molar-refractivity contribution < 1.29 is 29.0 Å². The molecule has 1 amide bonds. The summed E-state index contributed by atoms with van der Waals surface area (Å²) in [6.07, 6.45) is 4.78. The minimum atomic E-state index is -1.24. The van der Waals surface area contributed by atoms with Gasteiger partial charge in [0.1, 0.15) is 0 Å². The Hall–Kier alpha value is -1.67. The van der Waals surface area contributed by atoms with Crippen molar-refractivity contribution in [1.82, 2.24) is 5.32 Å². The number of aliphatic carboxylic acids is 1. The van der Waals surface area contributed by atoms with Gasteiger partial charge in [-0.25, -0.2) is 4.79 Å². The van der Waals surface area contributed by atoms with Crippen molar-refractivity contribution in [2.24, 2.45) is 11.7 Å². The Balaban J connectivity index is 2.71. The van der Waals surface area contributed by atoms with Crippen molar-refractivity contribution in [2.75, 3.05) is 13.7 Å². The first kappa shape index (κ1) is 21.4. The zero-order valence-corrected chi connectivity index (χ0v) is 15.2. The number of hydrogen-bond acceptors (Lipinski definition) is 6. The maximum atomic E-state index is 12.0. The van der Waals surface area contributed by atoms with Crippen LogP contribution in [0.4, 0.5) is 0 Å². The maximum Gasteiger partial charge on any atom is 0.330 e. The molecule has 1 aliphatic rings. The lowest BCUT2D eigenvalue weighted by molar-refractivity contribution is -0.151. The van der Waals surface area contributed by atoms with Crippen molar-refractivity contribution >= 4 is 17.8 Å². The Morgan fingerprint density at radius 3 is 2.60 bits per heavy atom. The number of hydrogen-bond donors (Lipinski definition) is 3. The molecule has 0 radical (unpaired) electrons. The molecule has 0 aliphatic heterocycles. The highest BCUT2D eigenvalue weighted by atomic mass is 16.5. The average Bonchev–Trinajstić information content (AvgIpc) is 2.72. The smallest absolute Gasteiger partial charge is 0.330 e. The number of methoxy groups -OCH3 is 1. The maximum absolute atomic E-state index is 12.0. The molecule has 8 heteroatoms. The molecule has 8 nitrogen and oxygen atoms in total. The van der Waals surface area contributed by atoms with Crippen molar-refractivity contribution in [3.63, 3.8) is 0 Å². The summed E-state index contributed by atoms with van der Waals surface area (Å²) in [4.78, 5) is 34.6. The Morgan fingerprint density at radius 2 is 2.00 bits per heavy atom. The minimum absolute atomic E-state index is 0.0426. The lowest BCUT2D eigenvalue weighted by Gasteiger charge is -2.35. The van der Waals surface area contributed by atoms with Gasteiger partial charge in [0.25, 0.3) is 0 Å². The number of carboxylic acids is 1. The van der Waals surface area contributed by atoms with E-state index in [0.717, 1.165) is 32.1 Å². The minimum Gasteiger partial charge on any atom is -0.481 e. The first-order chi connectivity index (χ1) is 11.7. The molecular weight excluding hydrogens is 328 g/mol. The SMILES string of the molecule is COC(=O)[C@H](COC1(C)CCCCCC1C)NC(=O)[C@@H](N)CC(=O)O. The molecule has 0 bridgehead atoms. The number of carbonyl (C=O) groups excluding carboxylic acids is 2. The first-order valence-electron chi connectivity index (χ1n) is 8.69. The third kappa shape index (κ3) is 6.62. The van der Waals surface area contributed by atoms with Crippen LogP contribution in [-0.2, 0) is 23.9 Å². The summed E-state index contributed by atoms with van der Waals surface area (Å²) >= 11 is 0. The van der Waals surface area contributed by atoms with E-state index in [1.807, 2.05) is 6.92 Å². The molecular formula is C17H30N2O6. The summed E-state index contributed by atoms with van der Waals surface area (Å²) in [5, 5.41) is 11.1. The molecule has 144 valence electrons. The second kappa shape index (κ2) is 9.72. The third-order valence-corrected chi connectivity index (χ3v) is 4.97. The normalized spacial score (nSPS) is 26.2. The van der Waals surface area contributed by atoms with E-state index in [4.69, 9.17) is 20.3 Å². The van der Waals surface area contributed by atoms with E-state index >= 15 is 0 Å². The number of carboxylic acid groups (broad SMARTS) is 1. The Bertz CT molecular complexity index is 484. The molecule has 0 aromatic heterocycles. The van der Waals surface area contributed by atoms with Crippen LogP contribution in [0.5, 0.6) is 0 Å². The summed E-state index contributed by atoms with van der Waals surface area (Å²) in [5.74, 6) is -2.23. The molecule has 2 unspecified atom stereocenters. The van der Waals surface area contributed by atoms with Gasteiger partial charge in [0.2, 0.25) is 5.91 Å². The van der Waals surface area contributed by atoms with Crippen LogP contribution in [0.2, 0.25) is 0 Å². The molecule has 4 N–H and O–H groups in total. The van der Waals surface area contributed by atoms with Gasteiger partial charge < -0.3 is 25.6 Å². The Kier molecular flexibility index (Phi) is 8.31. The van der Waals surface area contributed by atoms with Gasteiger partial charge in [-0.15, -0.1) is 0 Å². The largest absolute Gasteiger partial charge is 0.481 e. The number of amides is 1. The zero-order valence-electron chi connectivity index (χ0n) is 15.2. The number of ether oxygens (including phenoxy) is 2. The van der Waals surface area contributed by atoms with Gasteiger partial charge in [-0.3, -0.25) is 9.59 Å². The first-order valence-corrected chi connectivity index (χ1v) is 8.69. The molecule has 0 saturated heterocycles. The molecule has 0 aromatic rings. The molecule has 4 atom stereocenters. The summed E-state index contributed by atoms with van der Waals surface area (Å²) < 4.78 is 10.7. The molecule has 25 heavy (non-hydrogen) atoms. The highest BCUT2D eigenvalue weighted by molar-refractivity contribution is 5.89. The van der Waals surface area contributed by atoms with Gasteiger partial charge in [0.05, 0.1) is 31.8 Å². The van der Waals surface area contributed by atoms with Crippen LogP contribution < -0.4 is 11.1 Å². The molecule has 1 saturated carbocycles. The van der Waals surface area contributed by atoms with Gasteiger partial charge in [-0.1, -0.05) is 26.2 Å². The topological polar surface area (TPSA) is 128 Å². The summed E-state index contributed by atoms with van der Waals surface area (Å²) in [6.45, 7) is 4.11. The van der Waals surface area contributed by atoms with Crippen molar-refractivity contribution in [2.45, 2.75) is 70.1 Å². The van der Waals surface area contributed by atoms with Gasteiger partial charge in [0, 0.05) is 0 Å². The fraction of sp³-hybridized carbons (Fsp3) is 0.824. The molecule has 0 spiro atoms. The molecule has 0 aromatic carbocycles. The fourth-order valence-electron chi connectivity index (χ4n) is 3.01. The number of carbonyl (C=O) groups is 3. The lowest BCUT2D eigenvalue weighted by Crippen LogP contribution is -2.52. The highest BCUT2D eigenvalue weighted by Gasteiger charge is 2.35. The van der Waals surface area contributed by atoms with Crippen molar-refractivity contribution in [1.29, 1.82) is 0 Å². The molecule has 1 rings (SSSR count). The highest BCUT2D eigenvalue weighted by Crippen LogP contribution is 2.35. The van der Waals surface area contributed by atoms with Crippen LogP contribution in [-0.4, -0.2) is 54.4 Å². The van der Waals surface area contributed by atoms with E-state index in [1.165, 1.54) is 7.11 Å². The summed E-state index contributed by atoms with van der Waals surface area (Å²) in [7, 11) is 1.22. The van der Waals surface area contributed by atoms with E-state index < -0.39 is 36.4 Å². The van der Waals surface area contributed by atoms with E-state index in [-0.39, 0.29) is 12.2 Å². The van der Waals surface area contributed by atoms with Crippen molar-refractivity contribution in [3.05, 3.63) is 0 Å². The molecule has 1 fully saturated rings. The Morgan fingerprint density at radius 1 is 1.32 bits per heavy atom. The van der Waals surface area contributed by atoms with Gasteiger partial charge >= 0.3 is 11.9 Å². The fourth-order valence-corrected chi connectivity index (χ4v) is 3.01. The van der Waals surface area contributed by atoms with Crippen LogP contribution >= 0.6 is 0 Å². The average molecular weight is 358 g/mol. The van der Waals surface area contributed by atoms with E-state index in [0.29, 0.717) is 5.92 Å². The lowest BCUT2D eigenvalue weighted by atomic mass is 9.86. The molecule has 0 heterocycles. The third-order valence-electron chi connectivity index (χ3n) is 4.97. The van der Waals surface area contributed by atoms with Crippen LogP contribution in [0.1, 0.15) is 52.4 Å². The summed E-state index contributed by atoms with van der Waals surface area (Å²) in [6, 6.07) is -2.26. The second-order valence-electron chi connectivity index (χ2n) is 6.91. The van der Waals surface area contributed by atoms with Crippen LogP contribution in [0.3, 0.4) is 0 Å². The predicted molar refractivity (Wildman–Crippen MR) is 90.8 cm³/mol. The number of nitrogens with two attached hydrogens (primary N) is 1. The number of nitrogens with one attached hydrogen (secondary N) is 1. The number of rotatable bonds is 8. The van der Waals surface area contributed by atoms with E-state index in [1.54, 1.807) is 0 Å².